The maximum Gasteiger partial charge on any atom is 0.256 e. The van der Waals surface area contributed by atoms with Gasteiger partial charge in [0.1, 0.15) is 5.82 Å². The quantitative estimate of drug-likeness (QED) is 0.741. The maximum atomic E-state index is 12.8. The number of amides is 2. The zero-order valence-electron chi connectivity index (χ0n) is 9.66. The van der Waals surface area contributed by atoms with Gasteiger partial charge in [0.05, 0.1) is 12.1 Å². The summed E-state index contributed by atoms with van der Waals surface area (Å²) >= 11 is 0. The van der Waals surface area contributed by atoms with Crippen molar-refractivity contribution in [3.63, 3.8) is 0 Å². The molecule has 0 radical (unpaired) electrons. The average molecular weight is 239 g/mol. The van der Waals surface area contributed by atoms with Crippen molar-refractivity contribution in [2.24, 2.45) is 0 Å². The van der Waals surface area contributed by atoms with E-state index in [0.29, 0.717) is 0 Å². The highest BCUT2D eigenvalue weighted by atomic mass is 19.1. The van der Waals surface area contributed by atoms with E-state index in [4.69, 9.17) is 5.73 Å². The summed E-state index contributed by atoms with van der Waals surface area (Å²) < 4.78 is 12.8. The number of halogens is 1. The molecule has 92 valence electrons. The van der Waals surface area contributed by atoms with Gasteiger partial charge < -0.3 is 16.0 Å². The van der Waals surface area contributed by atoms with Gasteiger partial charge in [-0.15, -0.1) is 0 Å². The molecule has 0 aliphatic carbocycles. The van der Waals surface area contributed by atoms with Crippen molar-refractivity contribution in [2.75, 3.05) is 26.4 Å². The first-order valence-corrected chi connectivity index (χ1v) is 4.96. The van der Waals surface area contributed by atoms with Crippen LogP contribution in [0.5, 0.6) is 0 Å². The predicted molar refractivity (Wildman–Crippen MR) is 61.8 cm³/mol. The number of carbonyl (C=O) groups is 2. The number of hydrogen-bond acceptors (Lipinski definition) is 3. The number of nitrogens with two attached hydrogens (primary N) is 1. The highest BCUT2D eigenvalue weighted by Crippen LogP contribution is 2.15. The number of nitrogens with one attached hydrogen (secondary N) is 1. The van der Waals surface area contributed by atoms with Gasteiger partial charge in [0.2, 0.25) is 5.91 Å². The molecule has 3 N–H and O–H groups in total. The first kappa shape index (κ1) is 13.0. The smallest absolute Gasteiger partial charge is 0.256 e. The summed E-state index contributed by atoms with van der Waals surface area (Å²) in [6.07, 6.45) is 0. The van der Waals surface area contributed by atoms with Crippen LogP contribution < -0.4 is 11.1 Å². The Labute approximate surface area is 98.4 Å². The average Bonchev–Trinajstić information content (AvgIpc) is 2.28. The number of likely N-dealkylation sites (N-methyl/N-ethyl adjacent to an activating group) is 2. The Morgan fingerprint density at radius 1 is 1.47 bits per heavy atom. The van der Waals surface area contributed by atoms with Gasteiger partial charge in [0.15, 0.2) is 0 Å². The fourth-order valence-corrected chi connectivity index (χ4v) is 1.30. The summed E-state index contributed by atoms with van der Waals surface area (Å²) in [4.78, 5) is 24.2. The largest absolute Gasteiger partial charge is 0.398 e. The van der Waals surface area contributed by atoms with Crippen LogP contribution in [-0.4, -0.2) is 37.4 Å². The van der Waals surface area contributed by atoms with Gasteiger partial charge in [0, 0.05) is 19.8 Å². The van der Waals surface area contributed by atoms with Crippen molar-refractivity contribution < 1.29 is 14.0 Å². The van der Waals surface area contributed by atoms with Gasteiger partial charge in [-0.2, -0.15) is 0 Å². The number of anilines is 1. The van der Waals surface area contributed by atoms with Crippen molar-refractivity contribution >= 4 is 17.5 Å². The minimum atomic E-state index is -0.506. The van der Waals surface area contributed by atoms with Gasteiger partial charge in [-0.1, -0.05) is 0 Å². The molecular formula is C11H14FN3O2. The van der Waals surface area contributed by atoms with E-state index >= 15 is 0 Å². The van der Waals surface area contributed by atoms with Crippen molar-refractivity contribution in [2.45, 2.75) is 0 Å². The molecule has 0 fully saturated rings. The summed E-state index contributed by atoms with van der Waals surface area (Å²) in [6.45, 7) is -0.0772. The molecule has 1 aromatic rings. The lowest BCUT2D eigenvalue weighted by Crippen LogP contribution is -2.37. The van der Waals surface area contributed by atoms with Gasteiger partial charge in [-0.25, -0.2) is 4.39 Å². The second-order valence-corrected chi connectivity index (χ2v) is 3.57. The molecule has 0 aliphatic rings. The fourth-order valence-electron chi connectivity index (χ4n) is 1.30. The molecular weight excluding hydrogens is 225 g/mol. The van der Waals surface area contributed by atoms with E-state index in [1.54, 1.807) is 0 Å². The van der Waals surface area contributed by atoms with E-state index in [-0.39, 0.29) is 23.7 Å². The summed E-state index contributed by atoms with van der Waals surface area (Å²) in [6, 6.07) is 3.52. The SMILES string of the molecule is CNC(=O)CN(C)C(=O)c1ccc(F)cc1N. The Morgan fingerprint density at radius 3 is 2.65 bits per heavy atom. The number of nitrogen functional groups attached to an aromatic ring is 1. The lowest BCUT2D eigenvalue weighted by molar-refractivity contribution is -0.121. The molecule has 0 saturated heterocycles. The topological polar surface area (TPSA) is 75.4 Å². The minimum absolute atomic E-state index is 0.0544. The molecule has 0 atom stereocenters. The third-order valence-electron chi connectivity index (χ3n) is 2.25. The Morgan fingerprint density at radius 2 is 2.12 bits per heavy atom. The first-order valence-electron chi connectivity index (χ1n) is 4.96. The summed E-state index contributed by atoms with van der Waals surface area (Å²) in [5.74, 6) is -1.22. The molecule has 0 aromatic heterocycles. The van der Waals surface area contributed by atoms with Crippen LogP contribution in [0.15, 0.2) is 18.2 Å². The Balaban J connectivity index is 2.85. The van der Waals surface area contributed by atoms with Crippen LogP contribution in [-0.2, 0) is 4.79 Å². The molecule has 0 saturated carbocycles. The summed E-state index contributed by atoms with van der Waals surface area (Å²) in [7, 11) is 2.95. The normalized spacial score (nSPS) is 9.82. The third kappa shape index (κ3) is 3.17. The molecule has 1 rings (SSSR count). The Kier molecular flexibility index (Phi) is 4.03. The lowest BCUT2D eigenvalue weighted by Gasteiger charge is -2.17. The molecule has 0 bridgehead atoms. The second kappa shape index (κ2) is 5.29. The second-order valence-electron chi connectivity index (χ2n) is 3.57. The van der Waals surface area contributed by atoms with E-state index in [1.165, 1.54) is 25.1 Å². The standard InChI is InChI=1S/C11H14FN3O2/c1-14-10(16)6-15(2)11(17)8-4-3-7(12)5-9(8)13/h3-5H,6,13H2,1-2H3,(H,14,16). The van der Waals surface area contributed by atoms with Crippen molar-refractivity contribution in [1.29, 1.82) is 0 Å². The highest BCUT2D eigenvalue weighted by Gasteiger charge is 2.16. The van der Waals surface area contributed by atoms with Crippen molar-refractivity contribution in [3.05, 3.63) is 29.6 Å². The van der Waals surface area contributed by atoms with E-state index in [1.807, 2.05) is 0 Å². The van der Waals surface area contributed by atoms with Crippen molar-refractivity contribution in [3.8, 4) is 0 Å². The molecule has 0 heterocycles. The first-order chi connectivity index (χ1) is 7.95. The highest BCUT2D eigenvalue weighted by molar-refractivity contribution is 6.00. The Bertz CT molecular complexity index is 448. The van der Waals surface area contributed by atoms with Crippen LogP contribution in [0.3, 0.4) is 0 Å². The van der Waals surface area contributed by atoms with Gasteiger partial charge in [-0.05, 0) is 18.2 Å². The summed E-state index contributed by atoms with van der Waals surface area (Å²) in [5, 5.41) is 2.40. The van der Waals surface area contributed by atoms with Gasteiger partial charge in [0.25, 0.3) is 5.91 Å². The number of benzene rings is 1. The van der Waals surface area contributed by atoms with Crippen molar-refractivity contribution in [1.82, 2.24) is 10.2 Å². The molecule has 0 unspecified atom stereocenters. The molecule has 0 aliphatic heterocycles. The third-order valence-corrected chi connectivity index (χ3v) is 2.25. The maximum absolute atomic E-state index is 12.8. The van der Waals surface area contributed by atoms with Gasteiger partial charge in [-0.3, -0.25) is 9.59 Å². The Hall–Kier alpha value is -2.11. The molecule has 2 amide bonds. The van der Waals surface area contributed by atoms with E-state index in [0.717, 1.165) is 12.1 Å². The molecule has 6 heteroatoms. The zero-order valence-corrected chi connectivity index (χ0v) is 9.66. The monoisotopic (exact) mass is 239 g/mol. The van der Waals surface area contributed by atoms with Crippen LogP contribution in [0, 0.1) is 5.82 Å². The lowest BCUT2D eigenvalue weighted by atomic mass is 10.1. The minimum Gasteiger partial charge on any atom is -0.398 e. The van der Waals surface area contributed by atoms with Crippen LogP contribution in [0.1, 0.15) is 10.4 Å². The van der Waals surface area contributed by atoms with Gasteiger partial charge >= 0.3 is 0 Å². The van der Waals surface area contributed by atoms with E-state index in [2.05, 4.69) is 5.32 Å². The molecule has 0 spiro atoms. The number of rotatable bonds is 3. The number of carbonyl (C=O) groups excluding carboxylic acids is 2. The molecule has 1 aromatic carbocycles. The van der Waals surface area contributed by atoms with E-state index < -0.39 is 11.7 Å². The summed E-state index contributed by atoms with van der Waals surface area (Å²) in [5.41, 5.74) is 5.77. The van der Waals surface area contributed by atoms with Crippen LogP contribution in [0.25, 0.3) is 0 Å². The van der Waals surface area contributed by atoms with Crippen LogP contribution >= 0.6 is 0 Å². The van der Waals surface area contributed by atoms with E-state index in [9.17, 15) is 14.0 Å². The number of hydrogen-bond donors (Lipinski definition) is 2. The predicted octanol–water partition coefficient (Wildman–Crippen LogP) is 0.226. The van der Waals surface area contributed by atoms with Crippen LogP contribution in [0.4, 0.5) is 10.1 Å². The van der Waals surface area contributed by atoms with Crippen LogP contribution in [0.2, 0.25) is 0 Å². The molecule has 17 heavy (non-hydrogen) atoms. The zero-order chi connectivity index (χ0) is 13.0. The molecule has 5 nitrogen and oxygen atoms in total. The number of nitrogens with zero attached hydrogens (tertiary/aromatic N) is 1. The fraction of sp³-hybridized carbons (Fsp3) is 0.273.